The van der Waals surface area contributed by atoms with Gasteiger partial charge >= 0.3 is 0 Å². The predicted molar refractivity (Wildman–Crippen MR) is 61.7 cm³/mol. The van der Waals surface area contributed by atoms with E-state index in [1.165, 1.54) is 4.70 Å². The lowest BCUT2D eigenvalue weighted by Gasteiger charge is -1.89. The van der Waals surface area contributed by atoms with Gasteiger partial charge in [-0.2, -0.15) is 0 Å². The molecule has 0 aliphatic rings. The van der Waals surface area contributed by atoms with E-state index < -0.39 is 0 Å². The number of hydrogen-bond donors (Lipinski definition) is 1. The molecule has 13 heavy (non-hydrogen) atoms. The van der Waals surface area contributed by atoms with Crippen LogP contribution in [0.5, 0.6) is 0 Å². The maximum atomic E-state index is 8.85. The van der Waals surface area contributed by atoms with Crippen molar-refractivity contribution in [3.8, 4) is 0 Å². The molecular formula is C10H12OS2. The number of fused-ring (bicyclic) bond motifs is 1. The van der Waals surface area contributed by atoms with Crippen LogP contribution in [0.4, 0.5) is 0 Å². The molecule has 0 radical (unpaired) electrons. The van der Waals surface area contributed by atoms with Crippen LogP contribution in [-0.2, 0) is 0 Å². The first-order valence-corrected chi connectivity index (χ1v) is 5.85. The Morgan fingerprint density at radius 3 is 2.62 bits per heavy atom. The van der Waals surface area contributed by atoms with Gasteiger partial charge in [0.15, 0.2) is 0 Å². The van der Waals surface area contributed by atoms with Gasteiger partial charge in [-0.05, 0) is 6.07 Å². The van der Waals surface area contributed by atoms with Crippen LogP contribution in [0.25, 0.3) is 10.1 Å². The fraction of sp³-hybridized carbons (Fsp3) is 0.200. The van der Waals surface area contributed by atoms with Crippen LogP contribution in [-0.4, -0.2) is 4.55 Å². The van der Waals surface area contributed by atoms with E-state index in [9.17, 15) is 0 Å². The molecule has 1 aromatic carbocycles. The molecule has 0 spiro atoms. The van der Waals surface area contributed by atoms with Gasteiger partial charge in [0.25, 0.3) is 0 Å². The average Bonchev–Trinajstić information content (AvgIpc) is 2.64. The van der Waals surface area contributed by atoms with E-state index in [1.807, 2.05) is 37.4 Å². The van der Waals surface area contributed by atoms with E-state index in [1.54, 1.807) is 11.3 Å². The number of rotatable bonds is 1. The van der Waals surface area contributed by atoms with Crippen LogP contribution in [0.2, 0.25) is 0 Å². The van der Waals surface area contributed by atoms with Crippen molar-refractivity contribution in [2.45, 2.75) is 18.7 Å². The lowest BCUT2D eigenvalue weighted by Crippen LogP contribution is -1.64. The highest BCUT2D eigenvalue weighted by molar-refractivity contribution is 7.94. The second kappa shape index (κ2) is 5.27. The molecule has 0 atom stereocenters. The molecule has 0 fully saturated rings. The average molecular weight is 212 g/mol. The zero-order chi connectivity index (χ0) is 9.68. The maximum absolute atomic E-state index is 8.85. The van der Waals surface area contributed by atoms with Crippen LogP contribution in [0.3, 0.4) is 0 Å². The molecule has 2 aromatic rings. The van der Waals surface area contributed by atoms with Crippen LogP contribution >= 0.6 is 23.4 Å². The van der Waals surface area contributed by atoms with Gasteiger partial charge < -0.3 is 4.55 Å². The molecule has 70 valence electrons. The molecule has 0 unspecified atom stereocenters. The Labute approximate surface area is 86.6 Å². The fourth-order valence-electron chi connectivity index (χ4n) is 1.02. The van der Waals surface area contributed by atoms with Crippen LogP contribution in [0.15, 0.2) is 34.5 Å². The summed E-state index contributed by atoms with van der Waals surface area (Å²) in [5.74, 6) is 0. The van der Waals surface area contributed by atoms with E-state index in [-0.39, 0.29) is 0 Å². The third-order valence-electron chi connectivity index (χ3n) is 1.54. The topological polar surface area (TPSA) is 20.2 Å². The largest absolute Gasteiger partial charge is 0.325 e. The zero-order valence-electron chi connectivity index (χ0n) is 7.65. The highest BCUT2D eigenvalue weighted by Gasteiger charge is 2.00. The van der Waals surface area contributed by atoms with Crippen LogP contribution < -0.4 is 0 Å². The second-order valence-corrected chi connectivity index (χ2v) is 3.72. The molecule has 1 nitrogen and oxygen atoms in total. The van der Waals surface area contributed by atoms with Gasteiger partial charge in [-0.25, -0.2) is 0 Å². The Kier molecular flexibility index (Phi) is 4.28. The van der Waals surface area contributed by atoms with Crippen molar-refractivity contribution in [3.63, 3.8) is 0 Å². The molecule has 0 aliphatic heterocycles. The summed E-state index contributed by atoms with van der Waals surface area (Å²) in [6.07, 6.45) is 0. The smallest absolute Gasteiger partial charge is 0.0536 e. The molecule has 0 saturated carbocycles. The molecule has 0 saturated heterocycles. The SMILES string of the molecule is CC.OSc1csc2ccccc12. The minimum atomic E-state index is 0.815. The van der Waals surface area contributed by atoms with Gasteiger partial charge in [-0.1, -0.05) is 32.0 Å². The minimum Gasteiger partial charge on any atom is -0.325 e. The van der Waals surface area contributed by atoms with Crippen LogP contribution in [0.1, 0.15) is 13.8 Å². The number of benzene rings is 1. The molecular weight excluding hydrogens is 200 g/mol. The molecule has 3 heteroatoms. The third-order valence-corrected chi connectivity index (χ3v) is 3.19. The Bertz CT molecular complexity index is 368. The van der Waals surface area contributed by atoms with Crippen molar-refractivity contribution in [1.29, 1.82) is 0 Å². The molecule has 0 aliphatic carbocycles. The molecule has 2 rings (SSSR count). The van der Waals surface area contributed by atoms with E-state index >= 15 is 0 Å². The van der Waals surface area contributed by atoms with Crippen molar-refractivity contribution in [3.05, 3.63) is 29.6 Å². The molecule has 0 amide bonds. The van der Waals surface area contributed by atoms with E-state index in [0.29, 0.717) is 0 Å². The third kappa shape index (κ3) is 2.24. The Morgan fingerprint density at radius 2 is 1.92 bits per heavy atom. The summed E-state index contributed by atoms with van der Waals surface area (Å²) in [7, 11) is 0. The quantitative estimate of drug-likeness (QED) is 0.703. The summed E-state index contributed by atoms with van der Waals surface area (Å²) < 4.78 is 10.1. The summed E-state index contributed by atoms with van der Waals surface area (Å²) >= 11 is 2.47. The van der Waals surface area contributed by atoms with E-state index in [4.69, 9.17) is 4.55 Å². The van der Waals surface area contributed by atoms with Gasteiger partial charge in [0.05, 0.1) is 4.90 Å². The Morgan fingerprint density at radius 1 is 1.23 bits per heavy atom. The Balaban J connectivity index is 0.000000396. The summed E-state index contributed by atoms with van der Waals surface area (Å²) in [6.45, 7) is 4.00. The van der Waals surface area contributed by atoms with Gasteiger partial charge in [0, 0.05) is 27.5 Å². The van der Waals surface area contributed by atoms with Crippen molar-refractivity contribution in [1.82, 2.24) is 0 Å². The van der Waals surface area contributed by atoms with Crippen molar-refractivity contribution >= 4 is 33.5 Å². The second-order valence-electron chi connectivity index (χ2n) is 2.19. The van der Waals surface area contributed by atoms with E-state index in [0.717, 1.165) is 22.3 Å². The van der Waals surface area contributed by atoms with Gasteiger partial charge in [-0.3, -0.25) is 0 Å². The molecule has 1 aromatic heterocycles. The highest BCUT2D eigenvalue weighted by atomic mass is 32.2. The van der Waals surface area contributed by atoms with Crippen molar-refractivity contribution in [2.24, 2.45) is 0 Å². The summed E-state index contributed by atoms with van der Waals surface area (Å²) in [5.41, 5.74) is 0. The summed E-state index contributed by atoms with van der Waals surface area (Å²) in [4.78, 5) is 0.950. The number of thiophene rings is 1. The lowest BCUT2D eigenvalue weighted by molar-refractivity contribution is 0.665. The molecule has 0 bridgehead atoms. The standard InChI is InChI=1S/C8H6OS2.C2H6/c9-11-8-5-10-7-4-2-1-3-6(7)8;1-2/h1-5,9H;1-2H3. The monoisotopic (exact) mass is 212 g/mol. The highest BCUT2D eigenvalue weighted by Crippen LogP contribution is 2.31. The maximum Gasteiger partial charge on any atom is 0.0536 e. The molecule has 1 N–H and O–H groups in total. The molecule has 1 heterocycles. The van der Waals surface area contributed by atoms with Crippen molar-refractivity contribution in [2.75, 3.05) is 0 Å². The summed E-state index contributed by atoms with van der Waals surface area (Å²) in [6, 6.07) is 8.06. The van der Waals surface area contributed by atoms with Gasteiger partial charge in [-0.15, -0.1) is 11.3 Å². The van der Waals surface area contributed by atoms with Crippen LogP contribution in [0, 0.1) is 0 Å². The van der Waals surface area contributed by atoms with E-state index in [2.05, 4.69) is 6.07 Å². The minimum absolute atomic E-state index is 0.815. The van der Waals surface area contributed by atoms with Crippen molar-refractivity contribution < 1.29 is 4.55 Å². The first kappa shape index (κ1) is 10.6. The van der Waals surface area contributed by atoms with Gasteiger partial charge in [0.1, 0.15) is 0 Å². The normalized spacial score (nSPS) is 9.46. The Hall–Kier alpha value is -0.510. The fourth-order valence-corrected chi connectivity index (χ4v) is 2.50. The lowest BCUT2D eigenvalue weighted by atomic mass is 10.3. The predicted octanol–water partition coefficient (Wildman–Crippen LogP) is 4.49. The zero-order valence-corrected chi connectivity index (χ0v) is 9.28. The first-order chi connectivity index (χ1) is 6.42. The number of hydrogen-bond acceptors (Lipinski definition) is 3. The summed E-state index contributed by atoms with van der Waals surface area (Å²) in [5, 5.41) is 3.11. The van der Waals surface area contributed by atoms with Gasteiger partial charge in [0.2, 0.25) is 0 Å². The first-order valence-electron chi connectivity index (χ1n) is 4.19.